The highest BCUT2D eigenvalue weighted by molar-refractivity contribution is 6.04. The average Bonchev–Trinajstić information content (AvgIpc) is 3.22. The largest absolute Gasteiger partial charge is 0.416 e. The number of benzene rings is 1. The van der Waals surface area contributed by atoms with Gasteiger partial charge in [-0.1, -0.05) is 18.9 Å². The SMILES string of the molecule is CCc1ccc(NC(=O)c2cnc(C)c(C#Cc3c(C(F)F)nc4cccnn34)c2)cc1C(F)(F)F. The Morgan fingerprint density at radius 2 is 1.94 bits per heavy atom. The number of halogens is 5. The van der Waals surface area contributed by atoms with E-state index in [1.54, 1.807) is 19.9 Å². The van der Waals surface area contributed by atoms with Crippen molar-refractivity contribution in [3.8, 4) is 11.8 Å². The lowest BCUT2D eigenvalue weighted by atomic mass is 10.0. The van der Waals surface area contributed by atoms with Gasteiger partial charge in [-0.3, -0.25) is 9.78 Å². The number of rotatable bonds is 4. The lowest BCUT2D eigenvalue weighted by molar-refractivity contribution is -0.138. The standard InChI is InChI=1S/C25H18F5N5O/c1-3-15-6-8-18(12-19(15)25(28,29)30)33-24(36)17-11-16(14(2)31-13-17)7-9-20-22(23(26)27)34-21-5-4-10-32-35(20)21/h4-6,8,10-13,23H,3H2,1-2H3,(H,33,36). The molecule has 3 aromatic heterocycles. The fourth-order valence-corrected chi connectivity index (χ4v) is 3.51. The quantitative estimate of drug-likeness (QED) is 0.293. The van der Waals surface area contributed by atoms with Gasteiger partial charge in [0.05, 0.1) is 16.8 Å². The van der Waals surface area contributed by atoms with E-state index in [1.807, 2.05) is 0 Å². The Hall–Kier alpha value is -4.33. The molecule has 4 aromatic rings. The van der Waals surface area contributed by atoms with Crippen LogP contribution in [0.4, 0.5) is 27.6 Å². The minimum atomic E-state index is -4.57. The van der Waals surface area contributed by atoms with Crippen LogP contribution in [-0.4, -0.2) is 25.5 Å². The number of anilines is 1. The van der Waals surface area contributed by atoms with Crippen LogP contribution in [0.2, 0.25) is 0 Å². The fourth-order valence-electron chi connectivity index (χ4n) is 3.51. The molecule has 0 fully saturated rings. The van der Waals surface area contributed by atoms with Crippen molar-refractivity contribution in [2.45, 2.75) is 32.9 Å². The predicted octanol–water partition coefficient (Wildman–Crippen LogP) is 5.60. The number of hydrogen-bond donors (Lipinski definition) is 1. The second-order valence-electron chi connectivity index (χ2n) is 7.72. The zero-order valence-electron chi connectivity index (χ0n) is 19.0. The lowest BCUT2D eigenvalue weighted by Gasteiger charge is -2.14. The maximum atomic E-state index is 13.5. The molecular formula is C25H18F5N5O. The molecule has 3 heterocycles. The van der Waals surface area contributed by atoms with Crippen LogP contribution in [0.1, 0.15) is 57.5 Å². The number of carbonyl (C=O) groups is 1. The highest BCUT2D eigenvalue weighted by Crippen LogP contribution is 2.34. The number of aryl methyl sites for hydroxylation is 2. The van der Waals surface area contributed by atoms with Crippen molar-refractivity contribution in [2.24, 2.45) is 0 Å². The monoisotopic (exact) mass is 499 g/mol. The summed E-state index contributed by atoms with van der Waals surface area (Å²) < 4.78 is 68.2. The molecular weight excluding hydrogens is 481 g/mol. The predicted molar refractivity (Wildman–Crippen MR) is 122 cm³/mol. The Morgan fingerprint density at radius 1 is 1.17 bits per heavy atom. The summed E-state index contributed by atoms with van der Waals surface area (Å²) in [5.74, 6) is 4.67. The number of imidazole rings is 1. The van der Waals surface area contributed by atoms with Crippen LogP contribution in [-0.2, 0) is 12.6 Å². The number of aromatic nitrogens is 4. The molecule has 1 aromatic carbocycles. The molecule has 1 amide bonds. The van der Waals surface area contributed by atoms with E-state index in [0.717, 1.165) is 6.07 Å². The minimum absolute atomic E-state index is 0.0309. The summed E-state index contributed by atoms with van der Waals surface area (Å²) in [6.45, 7) is 3.22. The topological polar surface area (TPSA) is 72.2 Å². The van der Waals surface area contributed by atoms with Crippen molar-refractivity contribution in [1.82, 2.24) is 19.6 Å². The fraction of sp³-hybridized carbons (Fsp3) is 0.200. The number of nitrogens with one attached hydrogen (secondary N) is 1. The van der Waals surface area contributed by atoms with E-state index in [1.165, 1.54) is 41.2 Å². The van der Waals surface area contributed by atoms with Crippen molar-refractivity contribution in [3.63, 3.8) is 0 Å². The number of pyridine rings is 1. The zero-order chi connectivity index (χ0) is 26.0. The van der Waals surface area contributed by atoms with Gasteiger partial charge in [0.25, 0.3) is 12.3 Å². The van der Waals surface area contributed by atoms with Crippen molar-refractivity contribution < 1.29 is 26.7 Å². The molecule has 0 aliphatic rings. The molecule has 184 valence electrons. The Balaban J connectivity index is 1.66. The van der Waals surface area contributed by atoms with Gasteiger partial charge in [0, 0.05) is 23.6 Å². The first-order valence-electron chi connectivity index (χ1n) is 10.7. The molecule has 1 N–H and O–H groups in total. The molecule has 0 saturated heterocycles. The van der Waals surface area contributed by atoms with Crippen molar-refractivity contribution in [3.05, 3.63) is 88.1 Å². The van der Waals surface area contributed by atoms with Crippen LogP contribution >= 0.6 is 0 Å². The van der Waals surface area contributed by atoms with E-state index in [9.17, 15) is 26.7 Å². The summed E-state index contributed by atoms with van der Waals surface area (Å²) in [5.41, 5.74) is -0.459. The first-order valence-corrected chi connectivity index (χ1v) is 10.7. The number of hydrogen-bond acceptors (Lipinski definition) is 4. The summed E-state index contributed by atoms with van der Waals surface area (Å²) in [6, 6.07) is 8.03. The van der Waals surface area contributed by atoms with Crippen LogP contribution < -0.4 is 5.32 Å². The van der Waals surface area contributed by atoms with Crippen LogP contribution in [0.25, 0.3) is 5.65 Å². The summed E-state index contributed by atoms with van der Waals surface area (Å²) >= 11 is 0. The smallest absolute Gasteiger partial charge is 0.322 e. The Labute approximate surface area is 202 Å². The number of alkyl halides is 5. The molecule has 0 bridgehead atoms. The van der Waals surface area contributed by atoms with Gasteiger partial charge in [0.2, 0.25) is 0 Å². The molecule has 6 nitrogen and oxygen atoms in total. The van der Waals surface area contributed by atoms with E-state index < -0.39 is 29.8 Å². The second-order valence-corrected chi connectivity index (χ2v) is 7.72. The van der Waals surface area contributed by atoms with Crippen LogP contribution in [0.5, 0.6) is 0 Å². The van der Waals surface area contributed by atoms with Crippen LogP contribution in [0.15, 0.2) is 48.8 Å². The van der Waals surface area contributed by atoms with Gasteiger partial charge in [-0.05, 0) is 55.2 Å². The molecule has 0 aliphatic carbocycles. The molecule has 0 saturated carbocycles. The van der Waals surface area contributed by atoms with E-state index in [4.69, 9.17) is 0 Å². The highest BCUT2D eigenvalue weighted by atomic mass is 19.4. The summed E-state index contributed by atoms with van der Waals surface area (Å²) in [6.07, 6.45) is -4.61. The van der Waals surface area contributed by atoms with Crippen molar-refractivity contribution in [2.75, 3.05) is 5.32 Å². The van der Waals surface area contributed by atoms with Gasteiger partial charge in [-0.25, -0.2) is 18.3 Å². The van der Waals surface area contributed by atoms with E-state index in [0.29, 0.717) is 5.69 Å². The normalized spacial score (nSPS) is 11.4. The minimum Gasteiger partial charge on any atom is -0.322 e. The van der Waals surface area contributed by atoms with Crippen LogP contribution in [0, 0.1) is 18.8 Å². The lowest BCUT2D eigenvalue weighted by Crippen LogP contribution is -2.15. The van der Waals surface area contributed by atoms with E-state index in [-0.39, 0.29) is 40.1 Å². The number of carbonyl (C=O) groups excluding carboxylic acids is 1. The highest BCUT2D eigenvalue weighted by Gasteiger charge is 2.33. The van der Waals surface area contributed by atoms with E-state index in [2.05, 4.69) is 32.2 Å². The van der Waals surface area contributed by atoms with Crippen molar-refractivity contribution in [1.29, 1.82) is 0 Å². The summed E-state index contributed by atoms with van der Waals surface area (Å²) in [5, 5.41) is 6.44. The number of nitrogens with zero attached hydrogens (tertiary/aromatic N) is 4. The molecule has 4 rings (SSSR count). The van der Waals surface area contributed by atoms with Gasteiger partial charge in [0.15, 0.2) is 5.65 Å². The third-order valence-corrected chi connectivity index (χ3v) is 5.35. The Morgan fingerprint density at radius 3 is 2.64 bits per heavy atom. The molecule has 0 unspecified atom stereocenters. The third-order valence-electron chi connectivity index (χ3n) is 5.35. The van der Waals surface area contributed by atoms with Crippen LogP contribution in [0.3, 0.4) is 0 Å². The maximum absolute atomic E-state index is 13.5. The first kappa shape index (κ1) is 24.8. The third kappa shape index (κ3) is 5.02. The maximum Gasteiger partial charge on any atom is 0.416 e. The number of fused-ring (bicyclic) bond motifs is 1. The Bertz CT molecular complexity index is 1520. The molecule has 0 aliphatic heterocycles. The van der Waals surface area contributed by atoms with Gasteiger partial charge < -0.3 is 5.32 Å². The molecule has 0 radical (unpaired) electrons. The molecule has 0 atom stereocenters. The van der Waals surface area contributed by atoms with Gasteiger partial charge in [0.1, 0.15) is 11.4 Å². The molecule has 36 heavy (non-hydrogen) atoms. The first-order chi connectivity index (χ1) is 17.1. The number of amides is 1. The van der Waals surface area contributed by atoms with Gasteiger partial charge >= 0.3 is 6.18 Å². The molecule has 0 spiro atoms. The molecule has 11 heteroatoms. The van der Waals surface area contributed by atoms with Crippen molar-refractivity contribution >= 4 is 17.2 Å². The van der Waals surface area contributed by atoms with Gasteiger partial charge in [-0.2, -0.15) is 18.3 Å². The summed E-state index contributed by atoms with van der Waals surface area (Å²) in [4.78, 5) is 20.7. The second kappa shape index (κ2) is 9.73. The average molecular weight is 499 g/mol. The zero-order valence-corrected chi connectivity index (χ0v) is 19.0. The van der Waals surface area contributed by atoms with Gasteiger partial charge in [-0.15, -0.1) is 0 Å². The summed E-state index contributed by atoms with van der Waals surface area (Å²) in [7, 11) is 0. The Kier molecular flexibility index (Phi) is 6.70. The van der Waals surface area contributed by atoms with E-state index >= 15 is 0 Å².